The van der Waals surface area contributed by atoms with Crippen LogP contribution in [0.1, 0.15) is 70.8 Å². The van der Waals surface area contributed by atoms with E-state index in [0.717, 1.165) is 41.6 Å². The van der Waals surface area contributed by atoms with Crippen LogP contribution in [0.15, 0.2) is 59.5 Å². The van der Waals surface area contributed by atoms with E-state index < -0.39 is 27.8 Å². The summed E-state index contributed by atoms with van der Waals surface area (Å²) in [6, 6.07) is 14.3. The smallest absolute Gasteiger partial charge is 0.421 e. The van der Waals surface area contributed by atoms with Crippen molar-refractivity contribution < 1.29 is 26.7 Å². The summed E-state index contributed by atoms with van der Waals surface area (Å²) in [5, 5.41) is 0. The van der Waals surface area contributed by atoms with Crippen molar-refractivity contribution in [1.29, 1.82) is 0 Å². The van der Waals surface area contributed by atoms with Gasteiger partial charge in [-0.2, -0.15) is 0 Å². The van der Waals surface area contributed by atoms with Crippen molar-refractivity contribution in [3.8, 4) is 11.1 Å². The van der Waals surface area contributed by atoms with Crippen LogP contribution in [-0.4, -0.2) is 30.7 Å². The fourth-order valence-corrected chi connectivity index (χ4v) is 5.96. The molecule has 0 bridgehead atoms. The van der Waals surface area contributed by atoms with Crippen molar-refractivity contribution in [3.05, 3.63) is 83.2 Å². The lowest BCUT2D eigenvalue weighted by Crippen LogP contribution is -2.31. The van der Waals surface area contributed by atoms with E-state index in [-0.39, 0.29) is 40.2 Å². The summed E-state index contributed by atoms with van der Waals surface area (Å²) < 4.78 is 66.7. The zero-order valence-electron chi connectivity index (χ0n) is 24.6. The van der Waals surface area contributed by atoms with E-state index in [4.69, 9.17) is 9.72 Å². The predicted octanol–water partition coefficient (Wildman–Crippen LogP) is 7.49. The number of aryl methyl sites for hydroxylation is 1. The van der Waals surface area contributed by atoms with Gasteiger partial charge < -0.3 is 9.30 Å². The molecule has 0 aliphatic carbocycles. The lowest BCUT2D eigenvalue weighted by Gasteiger charge is -2.21. The molecule has 1 N–H and O–H groups in total. The topological polar surface area (TPSA) is 90.3 Å². The van der Waals surface area contributed by atoms with Crippen molar-refractivity contribution in [2.75, 3.05) is 6.61 Å². The highest BCUT2D eigenvalue weighted by Crippen LogP contribution is 2.33. The van der Waals surface area contributed by atoms with Gasteiger partial charge in [0.1, 0.15) is 17.5 Å². The van der Waals surface area contributed by atoms with Gasteiger partial charge in [-0.3, -0.25) is 0 Å². The van der Waals surface area contributed by atoms with E-state index in [0.29, 0.717) is 18.7 Å². The molecule has 1 amide bonds. The van der Waals surface area contributed by atoms with Crippen LogP contribution in [0, 0.1) is 11.6 Å². The molecule has 0 unspecified atom stereocenters. The van der Waals surface area contributed by atoms with E-state index in [1.807, 2.05) is 68.2 Å². The number of hydrogen-bond acceptors (Lipinski definition) is 5. The molecule has 1 aromatic heterocycles. The van der Waals surface area contributed by atoms with Gasteiger partial charge in [-0.05, 0) is 60.4 Å². The average molecular weight is 598 g/mol. The molecule has 0 spiro atoms. The maximum atomic E-state index is 15.8. The molecule has 0 aliphatic heterocycles. The second-order valence-corrected chi connectivity index (χ2v) is 13.0. The number of amides is 1. The lowest BCUT2D eigenvalue weighted by molar-refractivity contribution is 0.151. The number of halogens is 2. The monoisotopic (exact) mass is 597 g/mol. The number of carbonyl (C=O) groups is 1. The van der Waals surface area contributed by atoms with Crippen LogP contribution in [0.25, 0.3) is 22.2 Å². The van der Waals surface area contributed by atoms with Crippen LogP contribution < -0.4 is 4.72 Å². The van der Waals surface area contributed by atoms with Crippen molar-refractivity contribution in [3.63, 3.8) is 0 Å². The fourth-order valence-electron chi connectivity index (χ4n) is 4.86. The lowest BCUT2D eigenvalue weighted by atomic mass is 9.95. The second kappa shape index (κ2) is 12.6. The Kier molecular flexibility index (Phi) is 9.35. The summed E-state index contributed by atoms with van der Waals surface area (Å²) in [6.45, 7) is 9.81. The Bertz CT molecular complexity index is 1690. The first kappa shape index (κ1) is 31.2. The van der Waals surface area contributed by atoms with Gasteiger partial charge in [0.2, 0.25) is 0 Å². The van der Waals surface area contributed by atoms with Gasteiger partial charge in [0.15, 0.2) is 0 Å². The van der Waals surface area contributed by atoms with Crippen molar-refractivity contribution in [2.24, 2.45) is 0 Å². The van der Waals surface area contributed by atoms with Gasteiger partial charge >= 0.3 is 6.09 Å². The maximum absolute atomic E-state index is 15.8. The predicted molar refractivity (Wildman–Crippen MR) is 160 cm³/mol. The summed E-state index contributed by atoms with van der Waals surface area (Å²) in [6.07, 6.45) is 1.66. The van der Waals surface area contributed by atoms with Gasteiger partial charge in [0.25, 0.3) is 10.0 Å². The third kappa shape index (κ3) is 6.81. The second-order valence-electron chi connectivity index (χ2n) is 11.4. The van der Waals surface area contributed by atoms with Crippen molar-refractivity contribution >= 4 is 27.1 Å². The molecule has 3 aromatic carbocycles. The van der Waals surface area contributed by atoms with Crippen LogP contribution in [0.3, 0.4) is 0 Å². The Balaban J connectivity index is 1.77. The number of carbonyl (C=O) groups excluding carboxylic acids is 1. The third-order valence-electron chi connectivity index (χ3n) is 6.91. The molecule has 0 aliphatic rings. The maximum Gasteiger partial charge on any atom is 0.421 e. The SMILES string of the molecule is CCCCOC(=O)NS(=O)(=O)c1ccc(CCC)cc1-c1cc(F)c(Cn2c(C(C)(C)C)nc3ccccc32)c(F)c1. The quantitative estimate of drug-likeness (QED) is 0.191. The molecule has 1 heterocycles. The van der Waals surface area contributed by atoms with Crippen LogP contribution >= 0.6 is 0 Å². The highest BCUT2D eigenvalue weighted by molar-refractivity contribution is 7.90. The Labute approximate surface area is 246 Å². The minimum absolute atomic E-state index is 0.0398. The molecule has 4 aromatic rings. The molecule has 42 heavy (non-hydrogen) atoms. The molecule has 7 nitrogen and oxygen atoms in total. The molecule has 0 saturated carbocycles. The first-order valence-corrected chi connectivity index (χ1v) is 15.6. The Morgan fingerprint density at radius 1 is 1.00 bits per heavy atom. The van der Waals surface area contributed by atoms with Crippen LogP contribution in [0.2, 0.25) is 0 Å². The van der Waals surface area contributed by atoms with Crippen LogP contribution in [0.4, 0.5) is 13.6 Å². The Morgan fingerprint density at radius 2 is 1.69 bits per heavy atom. The molecule has 4 rings (SSSR count). The Hall–Kier alpha value is -3.79. The molecule has 0 saturated heterocycles. The Morgan fingerprint density at radius 3 is 2.33 bits per heavy atom. The van der Waals surface area contributed by atoms with Crippen molar-refractivity contribution in [1.82, 2.24) is 14.3 Å². The summed E-state index contributed by atoms with van der Waals surface area (Å²) in [7, 11) is -4.41. The van der Waals surface area contributed by atoms with Gasteiger partial charge in [0.05, 0.1) is 29.1 Å². The third-order valence-corrected chi connectivity index (χ3v) is 8.28. The number of nitrogens with zero attached hydrogens (tertiary/aromatic N) is 2. The zero-order valence-corrected chi connectivity index (χ0v) is 25.4. The van der Waals surface area contributed by atoms with Gasteiger partial charge in [0, 0.05) is 16.5 Å². The number of para-hydroxylation sites is 2. The van der Waals surface area contributed by atoms with E-state index >= 15 is 8.78 Å². The number of ether oxygens (including phenoxy) is 1. The van der Waals surface area contributed by atoms with E-state index in [9.17, 15) is 13.2 Å². The molecule has 0 atom stereocenters. The molecule has 0 radical (unpaired) electrons. The summed E-state index contributed by atoms with van der Waals surface area (Å²) in [4.78, 5) is 16.6. The van der Waals surface area contributed by atoms with Crippen LogP contribution in [0.5, 0.6) is 0 Å². The summed E-state index contributed by atoms with van der Waals surface area (Å²) in [5.74, 6) is -0.957. The molecular formula is C32H37F2N3O4S. The summed E-state index contributed by atoms with van der Waals surface area (Å²) in [5.41, 5.74) is 1.84. The number of sulfonamides is 1. The number of benzene rings is 3. The van der Waals surface area contributed by atoms with E-state index in [1.54, 1.807) is 12.1 Å². The largest absolute Gasteiger partial charge is 0.449 e. The zero-order chi connectivity index (χ0) is 30.7. The fraction of sp³-hybridized carbons (Fsp3) is 0.375. The van der Waals surface area contributed by atoms with Crippen LogP contribution in [-0.2, 0) is 33.1 Å². The average Bonchev–Trinajstić information content (AvgIpc) is 3.29. The minimum Gasteiger partial charge on any atom is -0.449 e. The number of hydrogen-bond donors (Lipinski definition) is 1. The normalized spacial score (nSPS) is 12.1. The molecule has 0 fully saturated rings. The van der Waals surface area contributed by atoms with E-state index in [1.165, 1.54) is 6.07 Å². The highest BCUT2D eigenvalue weighted by atomic mass is 32.2. The van der Waals surface area contributed by atoms with Gasteiger partial charge in [-0.25, -0.2) is 31.7 Å². The molecule has 224 valence electrons. The number of aromatic nitrogens is 2. The van der Waals surface area contributed by atoms with Gasteiger partial charge in [-0.15, -0.1) is 0 Å². The number of unbranched alkanes of at least 4 members (excludes halogenated alkanes) is 1. The minimum atomic E-state index is -4.41. The summed E-state index contributed by atoms with van der Waals surface area (Å²) >= 11 is 0. The van der Waals surface area contributed by atoms with Gasteiger partial charge in [-0.1, -0.05) is 65.7 Å². The number of imidazole rings is 1. The molecule has 10 heteroatoms. The highest BCUT2D eigenvalue weighted by Gasteiger charge is 2.27. The first-order chi connectivity index (χ1) is 19.9. The van der Waals surface area contributed by atoms with Crippen molar-refractivity contribution in [2.45, 2.75) is 77.2 Å². The first-order valence-electron chi connectivity index (χ1n) is 14.1. The standard InChI is InChI=1S/C32H37F2N3O4S/c1-6-8-16-41-31(38)36-42(39,40)29-15-14-21(11-7-2)17-23(29)22-18-25(33)24(26(34)19-22)20-37-28-13-10-9-12-27(28)35-30(37)32(3,4)5/h9-10,12-15,17-19H,6-8,11,16,20H2,1-5H3,(H,36,38). The number of nitrogens with one attached hydrogen (secondary N) is 1. The number of fused-ring (bicyclic) bond motifs is 1. The number of rotatable bonds is 10. The van der Waals surface area contributed by atoms with E-state index in [2.05, 4.69) is 0 Å². The molecular weight excluding hydrogens is 560 g/mol.